The van der Waals surface area contributed by atoms with Crippen LogP contribution >= 0.6 is 11.6 Å². The number of ether oxygens (including phenoxy) is 1. The summed E-state index contributed by atoms with van der Waals surface area (Å²) in [5.74, 6) is 0.0661. The molecule has 2 amide bonds. The molecule has 1 saturated carbocycles. The van der Waals surface area contributed by atoms with Gasteiger partial charge in [0.1, 0.15) is 11.8 Å². The summed E-state index contributed by atoms with van der Waals surface area (Å²) in [6, 6.07) is 13.8. The van der Waals surface area contributed by atoms with Crippen molar-refractivity contribution in [3.05, 3.63) is 59.1 Å². The molecule has 0 aliphatic heterocycles. The first kappa shape index (κ1) is 28.8. The predicted molar refractivity (Wildman–Crippen MR) is 146 cm³/mol. The molecule has 1 unspecified atom stereocenters. The normalized spacial score (nSPS) is 14.7. The highest BCUT2D eigenvalue weighted by Crippen LogP contribution is 2.30. The van der Waals surface area contributed by atoms with Crippen LogP contribution in [0.2, 0.25) is 5.02 Å². The second-order valence-electron chi connectivity index (χ2n) is 9.43. The van der Waals surface area contributed by atoms with Gasteiger partial charge in [-0.1, -0.05) is 54.8 Å². The second kappa shape index (κ2) is 13.1. The fourth-order valence-electron chi connectivity index (χ4n) is 4.57. The first-order valence-corrected chi connectivity index (χ1v) is 14.8. The largest absolute Gasteiger partial charge is 0.495 e. The molecule has 0 aromatic heterocycles. The number of halogens is 1. The summed E-state index contributed by atoms with van der Waals surface area (Å²) < 4.78 is 31.4. The van der Waals surface area contributed by atoms with Gasteiger partial charge in [0.15, 0.2) is 0 Å². The molecule has 0 spiro atoms. The highest BCUT2D eigenvalue weighted by Gasteiger charge is 2.28. The predicted octanol–water partition coefficient (Wildman–Crippen LogP) is 4.37. The standard InChI is InChI=1S/C27H36ClN3O5S/c1-20(27(33)29-22-12-7-8-13-22)30(19-21-10-5-4-6-11-21)26(32)14-9-17-31(37(3,34)35)23-15-16-25(36-2)24(28)18-23/h4-6,10-11,15-16,18,20,22H,7-9,12-14,17,19H2,1-3H3,(H,29,33). The third kappa shape index (κ3) is 8.10. The van der Waals surface area contributed by atoms with Crippen molar-refractivity contribution < 1.29 is 22.7 Å². The molecule has 202 valence electrons. The van der Waals surface area contributed by atoms with E-state index < -0.39 is 16.1 Å². The van der Waals surface area contributed by atoms with E-state index in [9.17, 15) is 18.0 Å². The molecule has 2 aromatic carbocycles. The van der Waals surface area contributed by atoms with E-state index in [1.807, 2.05) is 30.3 Å². The Labute approximate surface area is 225 Å². The van der Waals surface area contributed by atoms with Gasteiger partial charge in [0.25, 0.3) is 0 Å². The quantitative estimate of drug-likeness (QED) is 0.424. The van der Waals surface area contributed by atoms with Gasteiger partial charge in [-0.3, -0.25) is 13.9 Å². The highest BCUT2D eigenvalue weighted by atomic mass is 35.5. The van der Waals surface area contributed by atoms with Gasteiger partial charge >= 0.3 is 0 Å². The Morgan fingerprint density at radius 3 is 2.41 bits per heavy atom. The Hall–Kier alpha value is -2.78. The number of hydrogen-bond donors (Lipinski definition) is 1. The van der Waals surface area contributed by atoms with Gasteiger partial charge in [-0.05, 0) is 49.9 Å². The van der Waals surface area contributed by atoms with Gasteiger partial charge < -0.3 is 15.0 Å². The Morgan fingerprint density at radius 1 is 1.14 bits per heavy atom. The summed E-state index contributed by atoms with van der Waals surface area (Å²) in [7, 11) is -2.14. The van der Waals surface area contributed by atoms with Crippen LogP contribution in [0.15, 0.2) is 48.5 Å². The lowest BCUT2D eigenvalue weighted by atomic mass is 10.1. The number of sulfonamides is 1. The molecule has 1 atom stereocenters. The van der Waals surface area contributed by atoms with E-state index in [0.717, 1.165) is 37.5 Å². The number of rotatable bonds is 12. The molecule has 0 radical (unpaired) electrons. The van der Waals surface area contributed by atoms with Crippen molar-refractivity contribution >= 4 is 39.1 Å². The second-order valence-corrected chi connectivity index (χ2v) is 11.7. The maximum Gasteiger partial charge on any atom is 0.242 e. The molecule has 0 bridgehead atoms. The number of methoxy groups -OCH3 is 1. The van der Waals surface area contributed by atoms with E-state index in [2.05, 4.69) is 5.32 Å². The maximum atomic E-state index is 13.4. The smallest absolute Gasteiger partial charge is 0.242 e. The Balaban J connectivity index is 1.71. The minimum absolute atomic E-state index is 0.0871. The molecule has 0 saturated heterocycles. The molecule has 1 aliphatic rings. The zero-order valence-corrected chi connectivity index (χ0v) is 23.2. The van der Waals surface area contributed by atoms with Crippen LogP contribution in [0.1, 0.15) is 51.0 Å². The first-order valence-electron chi connectivity index (χ1n) is 12.5. The molecule has 8 nitrogen and oxygen atoms in total. The van der Waals surface area contributed by atoms with E-state index in [-0.39, 0.29) is 37.2 Å². The summed E-state index contributed by atoms with van der Waals surface area (Å²) in [4.78, 5) is 28.0. The van der Waals surface area contributed by atoms with Crippen molar-refractivity contribution in [2.45, 2.75) is 64.1 Å². The number of nitrogens with zero attached hydrogens (tertiary/aromatic N) is 2. The molecule has 10 heteroatoms. The van der Waals surface area contributed by atoms with Crippen LogP contribution in [0.3, 0.4) is 0 Å². The number of carbonyl (C=O) groups is 2. The van der Waals surface area contributed by atoms with Gasteiger partial charge in [-0.2, -0.15) is 0 Å². The summed E-state index contributed by atoms with van der Waals surface area (Å²) in [5, 5.41) is 3.38. The third-order valence-electron chi connectivity index (χ3n) is 6.64. The number of carbonyl (C=O) groups excluding carboxylic acids is 2. The van der Waals surface area contributed by atoms with E-state index in [0.29, 0.717) is 23.0 Å². The summed E-state index contributed by atoms with van der Waals surface area (Å²) in [5.41, 5.74) is 1.31. The summed E-state index contributed by atoms with van der Waals surface area (Å²) in [6.07, 6.45) is 5.60. The number of hydrogen-bond acceptors (Lipinski definition) is 5. The Bertz CT molecular complexity index is 1170. The van der Waals surface area contributed by atoms with Gasteiger partial charge in [-0.25, -0.2) is 8.42 Å². The zero-order valence-electron chi connectivity index (χ0n) is 21.7. The van der Waals surface area contributed by atoms with Crippen molar-refractivity contribution in [1.82, 2.24) is 10.2 Å². The zero-order chi connectivity index (χ0) is 27.0. The number of benzene rings is 2. The molecular weight excluding hydrogens is 514 g/mol. The van der Waals surface area contributed by atoms with Crippen LogP contribution in [-0.4, -0.2) is 57.1 Å². The molecule has 1 fully saturated rings. The molecule has 2 aromatic rings. The lowest BCUT2D eigenvalue weighted by molar-refractivity contribution is -0.141. The molecule has 1 aliphatic carbocycles. The Morgan fingerprint density at radius 2 is 1.81 bits per heavy atom. The van der Waals surface area contributed by atoms with Crippen LogP contribution in [0.4, 0.5) is 5.69 Å². The number of amides is 2. The van der Waals surface area contributed by atoms with Crippen molar-refractivity contribution in [1.29, 1.82) is 0 Å². The van der Waals surface area contributed by atoms with E-state index in [1.165, 1.54) is 17.5 Å². The molecule has 0 heterocycles. The third-order valence-corrected chi connectivity index (χ3v) is 8.13. The fraction of sp³-hybridized carbons (Fsp3) is 0.481. The van der Waals surface area contributed by atoms with Crippen LogP contribution < -0.4 is 14.4 Å². The van der Waals surface area contributed by atoms with E-state index >= 15 is 0 Å². The topological polar surface area (TPSA) is 96.0 Å². The molecule has 3 rings (SSSR count). The van der Waals surface area contributed by atoms with Gasteiger partial charge in [-0.15, -0.1) is 0 Å². The number of anilines is 1. The Kier molecular flexibility index (Phi) is 10.2. The molecular formula is C27H36ClN3O5S. The van der Waals surface area contributed by atoms with Crippen LogP contribution in [0.5, 0.6) is 5.75 Å². The van der Waals surface area contributed by atoms with Crippen molar-refractivity contribution in [2.24, 2.45) is 0 Å². The first-order chi connectivity index (χ1) is 17.6. The van der Waals surface area contributed by atoms with Gasteiger partial charge in [0.05, 0.1) is 24.1 Å². The minimum Gasteiger partial charge on any atom is -0.495 e. The van der Waals surface area contributed by atoms with Gasteiger partial charge in [0, 0.05) is 25.6 Å². The van der Waals surface area contributed by atoms with Crippen molar-refractivity contribution in [3.63, 3.8) is 0 Å². The lowest BCUT2D eigenvalue weighted by Gasteiger charge is -2.30. The number of nitrogens with one attached hydrogen (secondary N) is 1. The monoisotopic (exact) mass is 549 g/mol. The summed E-state index contributed by atoms with van der Waals surface area (Å²) >= 11 is 6.21. The maximum absolute atomic E-state index is 13.4. The van der Waals surface area contributed by atoms with Crippen molar-refractivity contribution in [2.75, 3.05) is 24.2 Å². The van der Waals surface area contributed by atoms with E-state index in [4.69, 9.17) is 16.3 Å². The minimum atomic E-state index is -3.62. The van der Waals surface area contributed by atoms with Gasteiger partial charge in [0.2, 0.25) is 21.8 Å². The van der Waals surface area contributed by atoms with Crippen LogP contribution in [0, 0.1) is 0 Å². The fourth-order valence-corrected chi connectivity index (χ4v) is 5.78. The van der Waals surface area contributed by atoms with Crippen LogP contribution in [-0.2, 0) is 26.2 Å². The SMILES string of the molecule is COc1ccc(N(CCCC(=O)N(Cc2ccccc2)C(C)C(=O)NC2CCCC2)S(C)(=O)=O)cc1Cl. The van der Waals surface area contributed by atoms with Crippen LogP contribution in [0.25, 0.3) is 0 Å². The van der Waals surface area contributed by atoms with E-state index in [1.54, 1.807) is 24.0 Å². The lowest BCUT2D eigenvalue weighted by Crippen LogP contribution is -2.49. The average molecular weight is 550 g/mol. The van der Waals surface area contributed by atoms with Crippen molar-refractivity contribution in [3.8, 4) is 5.75 Å². The highest BCUT2D eigenvalue weighted by molar-refractivity contribution is 7.92. The molecule has 37 heavy (non-hydrogen) atoms. The molecule has 1 N–H and O–H groups in total. The average Bonchev–Trinajstić information content (AvgIpc) is 3.37. The summed E-state index contributed by atoms with van der Waals surface area (Å²) in [6.45, 7) is 2.13.